The second-order valence-corrected chi connectivity index (χ2v) is 7.21. The second kappa shape index (κ2) is 8.48. The largest absolute Gasteiger partial charge is 0.352 e. The quantitative estimate of drug-likeness (QED) is 0.614. The molecule has 0 atom stereocenters. The van der Waals surface area contributed by atoms with E-state index in [1.165, 1.54) is 0 Å². The van der Waals surface area contributed by atoms with Crippen LogP contribution < -0.4 is 5.32 Å². The molecule has 0 spiro atoms. The van der Waals surface area contributed by atoms with Gasteiger partial charge in [-0.3, -0.25) is 9.78 Å². The Hall–Kier alpha value is -1.88. The molecule has 0 radical (unpaired) electrons. The van der Waals surface area contributed by atoms with E-state index in [-0.39, 0.29) is 5.91 Å². The molecule has 0 aliphatic carbocycles. The molecular formula is C19H16Cl2N2OS. The smallest absolute Gasteiger partial charge is 0.220 e. The number of benzene rings is 1. The monoisotopic (exact) mass is 390 g/mol. The normalized spacial score (nSPS) is 10.6. The molecule has 0 saturated carbocycles. The molecule has 1 N–H and O–H groups in total. The number of carbonyl (C=O) groups is 1. The topological polar surface area (TPSA) is 42.0 Å². The number of carbonyl (C=O) groups excluding carboxylic acids is 1. The molecule has 3 nitrogen and oxygen atoms in total. The van der Waals surface area contributed by atoms with Crippen LogP contribution in [-0.4, -0.2) is 10.9 Å². The Morgan fingerprint density at radius 1 is 1.04 bits per heavy atom. The first-order chi connectivity index (χ1) is 12.1. The average molecular weight is 391 g/mol. The minimum Gasteiger partial charge on any atom is -0.352 e. The summed E-state index contributed by atoms with van der Waals surface area (Å²) in [6.45, 7) is 0.463. The molecule has 0 bridgehead atoms. The first-order valence-electron chi connectivity index (χ1n) is 7.79. The van der Waals surface area contributed by atoms with Crippen LogP contribution >= 0.6 is 34.5 Å². The summed E-state index contributed by atoms with van der Waals surface area (Å²) in [5.41, 5.74) is 4.17. The number of halogens is 2. The lowest BCUT2D eigenvalue weighted by Crippen LogP contribution is -2.23. The zero-order chi connectivity index (χ0) is 17.6. The van der Waals surface area contributed by atoms with Crippen molar-refractivity contribution in [2.75, 3.05) is 0 Å². The van der Waals surface area contributed by atoms with Crippen molar-refractivity contribution in [1.29, 1.82) is 0 Å². The molecule has 2 heterocycles. The van der Waals surface area contributed by atoms with Gasteiger partial charge in [-0.1, -0.05) is 29.3 Å². The fourth-order valence-electron chi connectivity index (χ4n) is 2.41. The lowest BCUT2D eigenvalue weighted by molar-refractivity contribution is -0.121. The van der Waals surface area contributed by atoms with Crippen molar-refractivity contribution in [3.8, 4) is 11.1 Å². The van der Waals surface area contributed by atoms with E-state index in [1.807, 2.05) is 23.7 Å². The number of hydrogen-bond acceptors (Lipinski definition) is 3. The van der Waals surface area contributed by atoms with Crippen LogP contribution in [0.15, 0.2) is 53.5 Å². The Morgan fingerprint density at radius 3 is 2.68 bits per heavy atom. The third-order valence-corrected chi connectivity index (χ3v) is 5.19. The van der Waals surface area contributed by atoms with E-state index in [0.29, 0.717) is 29.4 Å². The standard InChI is InChI=1S/C19H16Cl2N2OS/c20-17-3-1-13(8-18(17)21)2-4-19(24)23-10-14-7-16(11-22-9-14)15-5-6-25-12-15/h1,3,5-9,11-12H,2,4,10H2,(H,23,24). The van der Waals surface area contributed by atoms with Crippen LogP contribution in [0.2, 0.25) is 10.0 Å². The van der Waals surface area contributed by atoms with Crippen LogP contribution in [0.4, 0.5) is 0 Å². The highest BCUT2D eigenvalue weighted by atomic mass is 35.5. The van der Waals surface area contributed by atoms with Gasteiger partial charge in [0.2, 0.25) is 5.91 Å². The molecule has 128 valence electrons. The van der Waals surface area contributed by atoms with Gasteiger partial charge in [0, 0.05) is 30.9 Å². The fraction of sp³-hybridized carbons (Fsp3) is 0.158. The molecule has 0 saturated heterocycles. The second-order valence-electron chi connectivity index (χ2n) is 5.62. The number of amides is 1. The van der Waals surface area contributed by atoms with Crippen molar-refractivity contribution >= 4 is 40.4 Å². The number of aromatic nitrogens is 1. The van der Waals surface area contributed by atoms with Gasteiger partial charge < -0.3 is 5.32 Å². The molecule has 0 fully saturated rings. The first-order valence-corrected chi connectivity index (χ1v) is 9.49. The summed E-state index contributed by atoms with van der Waals surface area (Å²) >= 11 is 13.5. The number of nitrogens with zero attached hydrogens (tertiary/aromatic N) is 1. The molecule has 0 unspecified atom stereocenters. The minimum atomic E-state index is -0.00740. The van der Waals surface area contributed by atoms with Crippen molar-refractivity contribution in [3.63, 3.8) is 0 Å². The van der Waals surface area contributed by atoms with Crippen molar-refractivity contribution in [2.45, 2.75) is 19.4 Å². The van der Waals surface area contributed by atoms with Gasteiger partial charge in [0.25, 0.3) is 0 Å². The van der Waals surface area contributed by atoms with Gasteiger partial charge >= 0.3 is 0 Å². The summed E-state index contributed by atoms with van der Waals surface area (Å²) in [5, 5.41) is 8.08. The van der Waals surface area contributed by atoms with Crippen LogP contribution in [0.25, 0.3) is 11.1 Å². The highest BCUT2D eigenvalue weighted by Gasteiger charge is 2.06. The van der Waals surface area contributed by atoms with Gasteiger partial charge in [0.05, 0.1) is 10.0 Å². The van der Waals surface area contributed by atoms with Gasteiger partial charge in [0.15, 0.2) is 0 Å². The number of thiophene rings is 1. The van der Waals surface area contributed by atoms with E-state index < -0.39 is 0 Å². The third kappa shape index (κ3) is 5.05. The van der Waals surface area contributed by atoms with Gasteiger partial charge in [-0.25, -0.2) is 0 Å². The van der Waals surface area contributed by atoms with Crippen molar-refractivity contribution in [2.24, 2.45) is 0 Å². The average Bonchev–Trinajstić information content (AvgIpc) is 3.16. The number of hydrogen-bond donors (Lipinski definition) is 1. The molecule has 2 aromatic heterocycles. The Bertz CT molecular complexity index is 866. The molecule has 1 amide bonds. The summed E-state index contributed by atoms with van der Waals surface area (Å²) in [7, 11) is 0. The summed E-state index contributed by atoms with van der Waals surface area (Å²) in [6, 6.07) is 9.54. The van der Waals surface area contributed by atoms with Gasteiger partial charge in [-0.2, -0.15) is 11.3 Å². The van der Waals surface area contributed by atoms with Crippen LogP contribution in [0.5, 0.6) is 0 Å². The Morgan fingerprint density at radius 2 is 1.92 bits per heavy atom. The van der Waals surface area contributed by atoms with Crippen LogP contribution in [0.3, 0.4) is 0 Å². The molecule has 25 heavy (non-hydrogen) atoms. The molecule has 1 aromatic carbocycles. The maximum absolute atomic E-state index is 12.1. The molecule has 0 aliphatic heterocycles. The van der Waals surface area contributed by atoms with Gasteiger partial charge in [0.1, 0.15) is 0 Å². The number of aryl methyl sites for hydroxylation is 1. The van der Waals surface area contributed by atoms with Crippen molar-refractivity contribution in [1.82, 2.24) is 10.3 Å². The van der Waals surface area contributed by atoms with Crippen LogP contribution in [-0.2, 0) is 17.8 Å². The number of nitrogens with one attached hydrogen (secondary N) is 1. The molecule has 3 rings (SSSR count). The summed E-state index contributed by atoms with van der Waals surface area (Å²) in [5.74, 6) is -0.00740. The fourth-order valence-corrected chi connectivity index (χ4v) is 3.40. The third-order valence-electron chi connectivity index (χ3n) is 3.76. The summed E-state index contributed by atoms with van der Waals surface area (Å²) < 4.78 is 0. The Kier molecular flexibility index (Phi) is 6.08. The highest BCUT2D eigenvalue weighted by Crippen LogP contribution is 2.23. The molecule has 6 heteroatoms. The lowest BCUT2D eigenvalue weighted by atomic mass is 10.1. The maximum Gasteiger partial charge on any atom is 0.220 e. The Balaban J connectivity index is 1.52. The van der Waals surface area contributed by atoms with Gasteiger partial charge in [-0.05, 0) is 58.1 Å². The van der Waals surface area contributed by atoms with E-state index in [4.69, 9.17) is 23.2 Å². The molecular weight excluding hydrogens is 375 g/mol. The summed E-state index contributed by atoms with van der Waals surface area (Å²) in [4.78, 5) is 16.3. The van der Waals surface area contributed by atoms with Gasteiger partial charge in [-0.15, -0.1) is 0 Å². The maximum atomic E-state index is 12.1. The highest BCUT2D eigenvalue weighted by molar-refractivity contribution is 7.08. The minimum absolute atomic E-state index is 0.00740. The molecule has 3 aromatic rings. The predicted octanol–water partition coefficient (Wildman–Crippen LogP) is 5.37. The zero-order valence-corrected chi connectivity index (χ0v) is 15.7. The predicted molar refractivity (Wildman–Crippen MR) is 104 cm³/mol. The Labute approximate surface area is 160 Å². The van der Waals surface area contributed by atoms with Crippen LogP contribution in [0.1, 0.15) is 17.5 Å². The zero-order valence-electron chi connectivity index (χ0n) is 13.3. The van der Waals surface area contributed by atoms with E-state index in [9.17, 15) is 4.79 Å². The SMILES string of the molecule is O=C(CCc1ccc(Cl)c(Cl)c1)NCc1cncc(-c2ccsc2)c1. The number of pyridine rings is 1. The number of rotatable bonds is 6. The lowest BCUT2D eigenvalue weighted by Gasteiger charge is -2.07. The van der Waals surface area contributed by atoms with E-state index in [0.717, 1.165) is 22.3 Å². The summed E-state index contributed by atoms with van der Waals surface area (Å²) in [6.07, 6.45) is 4.62. The molecule has 0 aliphatic rings. The van der Waals surface area contributed by atoms with Crippen molar-refractivity contribution in [3.05, 3.63) is 74.7 Å². The van der Waals surface area contributed by atoms with E-state index >= 15 is 0 Å². The van der Waals surface area contributed by atoms with Crippen molar-refractivity contribution < 1.29 is 4.79 Å². The van der Waals surface area contributed by atoms with Crippen LogP contribution in [0, 0.1) is 0 Å². The van der Waals surface area contributed by atoms with E-state index in [2.05, 4.69) is 21.7 Å². The van der Waals surface area contributed by atoms with E-state index in [1.54, 1.807) is 29.7 Å². The first kappa shape index (κ1) is 17.9.